The van der Waals surface area contributed by atoms with Gasteiger partial charge in [0.1, 0.15) is 11.4 Å². The second kappa shape index (κ2) is 8.79. The van der Waals surface area contributed by atoms with E-state index in [1.165, 1.54) is 0 Å². The van der Waals surface area contributed by atoms with Gasteiger partial charge < -0.3 is 20.0 Å². The summed E-state index contributed by atoms with van der Waals surface area (Å²) in [6, 6.07) is 19.5. The molecule has 0 bridgehead atoms. The molecule has 8 nitrogen and oxygen atoms in total. The molecule has 1 amide bonds. The van der Waals surface area contributed by atoms with Crippen LogP contribution in [0.2, 0.25) is 0 Å². The molecule has 188 valence electrons. The maximum atomic E-state index is 13.5. The lowest BCUT2D eigenvalue weighted by Gasteiger charge is -2.27. The van der Waals surface area contributed by atoms with Crippen LogP contribution in [-0.2, 0) is 10.0 Å². The van der Waals surface area contributed by atoms with Crippen molar-refractivity contribution in [2.24, 2.45) is 0 Å². The highest BCUT2D eigenvalue weighted by atomic mass is 32.2. The Labute approximate surface area is 214 Å². The van der Waals surface area contributed by atoms with Gasteiger partial charge in [0.05, 0.1) is 18.0 Å². The van der Waals surface area contributed by atoms with Gasteiger partial charge in [0.2, 0.25) is 10.0 Å². The summed E-state index contributed by atoms with van der Waals surface area (Å²) in [5.41, 5.74) is 4.72. The number of benzene rings is 3. The van der Waals surface area contributed by atoms with Gasteiger partial charge in [-0.1, -0.05) is 35.9 Å². The minimum absolute atomic E-state index is 0.113. The molecule has 0 spiro atoms. The zero-order valence-electron chi connectivity index (χ0n) is 20.3. The van der Waals surface area contributed by atoms with E-state index in [9.17, 15) is 13.2 Å². The summed E-state index contributed by atoms with van der Waals surface area (Å²) in [6.07, 6.45) is 1.89. The number of nitrogens with one attached hydrogen (secondary N) is 4. The molecule has 37 heavy (non-hydrogen) atoms. The predicted octanol–water partition coefficient (Wildman–Crippen LogP) is 4.19. The molecule has 0 unspecified atom stereocenters. The molecule has 5 aromatic rings. The number of hydrogen-bond acceptors (Lipinski definition) is 4. The topological polar surface area (TPSA) is 116 Å². The molecule has 6 rings (SSSR count). The Balaban J connectivity index is 1.57. The molecule has 1 aliphatic rings. The van der Waals surface area contributed by atoms with Gasteiger partial charge in [-0.15, -0.1) is 0 Å². The van der Waals surface area contributed by atoms with Gasteiger partial charge in [-0.25, -0.2) is 13.1 Å². The van der Waals surface area contributed by atoms with Crippen LogP contribution in [0.4, 0.5) is 0 Å². The van der Waals surface area contributed by atoms with E-state index in [2.05, 4.69) is 20.0 Å². The van der Waals surface area contributed by atoms with Crippen LogP contribution in [0.15, 0.2) is 77.8 Å². The summed E-state index contributed by atoms with van der Waals surface area (Å²) in [7, 11) is -2.28. The lowest BCUT2D eigenvalue weighted by atomic mass is 9.84. The number of aromatic amines is 2. The molecule has 0 saturated heterocycles. The Kier molecular flexibility index (Phi) is 5.54. The number of aromatic nitrogens is 2. The molecule has 0 radical (unpaired) electrons. The van der Waals surface area contributed by atoms with Gasteiger partial charge in [-0.05, 0) is 54.4 Å². The van der Waals surface area contributed by atoms with E-state index in [0.717, 1.165) is 38.5 Å². The molecule has 9 heteroatoms. The van der Waals surface area contributed by atoms with Crippen LogP contribution in [0.5, 0.6) is 5.75 Å². The fourth-order valence-electron chi connectivity index (χ4n) is 5.25. The maximum Gasteiger partial charge on any atom is 0.268 e. The van der Waals surface area contributed by atoms with Crippen molar-refractivity contribution in [2.75, 3.05) is 13.7 Å². The summed E-state index contributed by atoms with van der Waals surface area (Å²) in [4.78, 5) is 20.0. The number of carbonyl (C=O) groups excluding carboxylic acids is 1. The van der Waals surface area contributed by atoms with Crippen molar-refractivity contribution >= 4 is 37.7 Å². The summed E-state index contributed by atoms with van der Waals surface area (Å²) < 4.78 is 35.5. The number of para-hydroxylation sites is 1. The van der Waals surface area contributed by atoms with Gasteiger partial charge in [0.25, 0.3) is 5.91 Å². The van der Waals surface area contributed by atoms with E-state index in [0.29, 0.717) is 11.4 Å². The zero-order valence-corrected chi connectivity index (χ0v) is 21.1. The Hall–Kier alpha value is -4.08. The van der Waals surface area contributed by atoms with Gasteiger partial charge in [0.15, 0.2) is 0 Å². The number of sulfonamides is 1. The average Bonchev–Trinajstić information content (AvgIpc) is 3.46. The van der Waals surface area contributed by atoms with Gasteiger partial charge in [-0.2, -0.15) is 0 Å². The molecule has 1 aliphatic heterocycles. The Morgan fingerprint density at radius 3 is 2.54 bits per heavy atom. The lowest BCUT2D eigenvalue weighted by Crippen LogP contribution is -2.45. The van der Waals surface area contributed by atoms with Crippen LogP contribution in [0, 0.1) is 6.92 Å². The molecule has 3 heterocycles. The average molecular weight is 515 g/mol. The van der Waals surface area contributed by atoms with E-state index >= 15 is 0 Å². The summed E-state index contributed by atoms with van der Waals surface area (Å²) >= 11 is 0. The first-order chi connectivity index (χ1) is 17.9. The first-order valence-corrected chi connectivity index (χ1v) is 13.5. The highest BCUT2D eigenvalue weighted by Gasteiger charge is 2.38. The number of methoxy groups -OCH3 is 1. The number of ether oxygens (including phenoxy) is 1. The number of fused-ring (bicyclic) bond motifs is 4. The van der Waals surface area contributed by atoms with E-state index in [1.807, 2.05) is 55.6 Å². The molecular weight excluding hydrogens is 488 g/mol. The lowest BCUT2D eigenvalue weighted by molar-refractivity contribution is 0.0950. The number of aryl methyl sites for hydroxylation is 1. The molecule has 2 atom stereocenters. The maximum absolute atomic E-state index is 13.5. The number of carbonyl (C=O) groups is 1. The SMILES string of the molecule is COc1ccc2[nH]cc([C@H]3c4c([nH]c5ccccc45)C(=O)NC[C@@H]3NS(=O)(=O)c3ccc(C)cc3)c2c1. The van der Waals surface area contributed by atoms with Gasteiger partial charge in [0, 0.05) is 40.5 Å². The number of amides is 1. The quantitative estimate of drug-likeness (QED) is 0.281. The van der Waals surface area contributed by atoms with Crippen LogP contribution < -0.4 is 14.8 Å². The summed E-state index contributed by atoms with van der Waals surface area (Å²) in [5, 5.41) is 4.69. The molecule has 0 fully saturated rings. The van der Waals surface area contributed by atoms with Crippen molar-refractivity contribution in [2.45, 2.75) is 23.8 Å². The van der Waals surface area contributed by atoms with Crippen LogP contribution in [0.25, 0.3) is 21.8 Å². The van der Waals surface area contributed by atoms with Crippen molar-refractivity contribution in [1.82, 2.24) is 20.0 Å². The first kappa shape index (κ1) is 23.3. The second-order valence-electron chi connectivity index (χ2n) is 9.34. The Morgan fingerprint density at radius 1 is 0.973 bits per heavy atom. The Morgan fingerprint density at radius 2 is 1.76 bits per heavy atom. The van der Waals surface area contributed by atoms with E-state index in [4.69, 9.17) is 4.74 Å². The third-order valence-electron chi connectivity index (χ3n) is 7.06. The molecule has 3 aromatic carbocycles. The van der Waals surface area contributed by atoms with Crippen LogP contribution in [0.1, 0.15) is 33.1 Å². The minimum Gasteiger partial charge on any atom is -0.497 e. The largest absolute Gasteiger partial charge is 0.497 e. The standard InChI is InChI=1S/C28H26N4O4S/c1-16-7-10-18(11-8-16)37(34,35)32-24-15-30-28(33)27-26(19-5-3-4-6-23(19)31-27)25(24)21-14-29-22-12-9-17(36-2)13-20(21)22/h3-14,24-25,29,31-32H,15H2,1-2H3,(H,30,33)/t24-,25+/m0/s1. The van der Waals surface area contributed by atoms with Gasteiger partial charge >= 0.3 is 0 Å². The number of H-pyrrole nitrogens is 2. The first-order valence-electron chi connectivity index (χ1n) is 12.0. The molecule has 0 aliphatic carbocycles. The van der Waals surface area contributed by atoms with Crippen molar-refractivity contribution in [3.05, 3.63) is 95.3 Å². The highest BCUT2D eigenvalue weighted by molar-refractivity contribution is 7.89. The normalized spacial score (nSPS) is 17.9. The molecule has 0 saturated carbocycles. The van der Waals surface area contributed by atoms with E-state index in [-0.39, 0.29) is 17.3 Å². The number of hydrogen-bond donors (Lipinski definition) is 4. The second-order valence-corrected chi connectivity index (χ2v) is 11.1. The van der Waals surface area contributed by atoms with Crippen LogP contribution in [-0.4, -0.2) is 44.0 Å². The highest BCUT2D eigenvalue weighted by Crippen LogP contribution is 2.41. The number of rotatable bonds is 5. The van der Waals surface area contributed by atoms with Crippen molar-refractivity contribution < 1.29 is 17.9 Å². The van der Waals surface area contributed by atoms with Crippen molar-refractivity contribution in [1.29, 1.82) is 0 Å². The summed E-state index contributed by atoms with van der Waals surface area (Å²) in [5.74, 6) is -0.0658. The van der Waals surface area contributed by atoms with Crippen molar-refractivity contribution in [3.63, 3.8) is 0 Å². The molecular formula is C28H26N4O4S. The third-order valence-corrected chi connectivity index (χ3v) is 8.57. The molecule has 4 N–H and O–H groups in total. The Bertz CT molecular complexity index is 1750. The van der Waals surface area contributed by atoms with E-state index in [1.54, 1.807) is 31.4 Å². The molecule has 2 aromatic heterocycles. The van der Waals surface area contributed by atoms with E-state index < -0.39 is 22.0 Å². The smallest absolute Gasteiger partial charge is 0.268 e. The fourth-order valence-corrected chi connectivity index (χ4v) is 6.50. The fraction of sp³-hybridized carbons (Fsp3) is 0.179. The monoisotopic (exact) mass is 514 g/mol. The third kappa shape index (κ3) is 3.96. The summed E-state index contributed by atoms with van der Waals surface area (Å²) in [6.45, 7) is 2.02. The minimum atomic E-state index is -3.89. The van der Waals surface area contributed by atoms with Crippen LogP contribution >= 0.6 is 0 Å². The van der Waals surface area contributed by atoms with Crippen molar-refractivity contribution in [3.8, 4) is 5.75 Å². The predicted molar refractivity (Wildman–Crippen MR) is 143 cm³/mol. The van der Waals surface area contributed by atoms with Crippen LogP contribution in [0.3, 0.4) is 0 Å². The zero-order chi connectivity index (χ0) is 25.7. The van der Waals surface area contributed by atoms with Gasteiger partial charge in [-0.3, -0.25) is 4.79 Å².